The van der Waals surface area contributed by atoms with Crippen LogP contribution < -0.4 is 4.74 Å². The third-order valence-electron chi connectivity index (χ3n) is 3.96. The molecule has 0 amide bonds. The molecule has 0 saturated carbocycles. The number of hydrogen-bond acceptors (Lipinski definition) is 6. The summed E-state index contributed by atoms with van der Waals surface area (Å²) < 4.78 is 5.69. The second-order valence-corrected chi connectivity index (χ2v) is 5.44. The van der Waals surface area contributed by atoms with Crippen molar-refractivity contribution in [1.82, 2.24) is 0 Å². The fourth-order valence-corrected chi connectivity index (χ4v) is 2.78. The number of ether oxygens (including phenoxy) is 1. The molecule has 5 N–H and O–H groups in total. The Morgan fingerprint density at radius 1 is 0.909 bits per heavy atom. The standard InChI is InChI=1S/C16H16O6/c1-7-14-12(20)5-9(17)6-13(14)22-16(15(7)21)8-2-3-10(18)11(19)4-8/h2-7,15-21H,1H3. The average molecular weight is 304 g/mol. The summed E-state index contributed by atoms with van der Waals surface area (Å²) in [6.45, 7) is 1.73. The highest BCUT2D eigenvalue weighted by Gasteiger charge is 2.37. The van der Waals surface area contributed by atoms with Crippen LogP contribution in [0, 0.1) is 0 Å². The molecule has 0 radical (unpaired) electrons. The predicted molar refractivity (Wildman–Crippen MR) is 77.3 cm³/mol. The van der Waals surface area contributed by atoms with Gasteiger partial charge in [0, 0.05) is 23.6 Å². The molecule has 0 saturated heterocycles. The number of rotatable bonds is 1. The summed E-state index contributed by atoms with van der Waals surface area (Å²) in [5.41, 5.74) is 0.896. The maximum atomic E-state index is 10.4. The van der Waals surface area contributed by atoms with E-state index in [-0.39, 0.29) is 28.7 Å². The quantitative estimate of drug-likeness (QED) is 0.516. The third kappa shape index (κ3) is 2.17. The number of phenols is 4. The molecular weight excluding hydrogens is 288 g/mol. The van der Waals surface area contributed by atoms with Crippen molar-refractivity contribution in [3.05, 3.63) is 41.5 Å². The lowest BCUT2D eigenvalue weighted by atomic mass is 9.85. The topological polar surface area (TPSA) is 110 Å². The Balaban J connectivity index is 2.06. The van der Waals surface area contributed by atoms with Gasteiger partial charge in [-0.15, -0.1) is 0 Å². The molecule has 0 bridgehead atoms. The molecule has 22 heavy (non-hydrogen) atoms. The van der Waals surface area contributed by atoms with Gasteiger partial charge in [-0.2, -0.15) is 0 Å². The first-order chi connectivity index (χ1) is 10.4. The molecule has 1 heterocycles. The SMILES string of the molecule is CC1c2c(O)cc(O)cc2OC(c2ccc(O)c(O)c2)C1O. The highest BCUT2D eigenvalue weighted by atomic mass is 16.5. The molecule has 0 aliphatic carbocycles. The number of aliphatic hydroxyl groups excluding tert-OH is 1. The summed E-state index contributed by atoms with van der Waals surface area (Å²) in [6, 6.07) is 6.70. The zero-order chi connectivity index (χ0) is 16.0. The van der Waals surface area contributed by atoms with Gasteiger partial charge < -0.3 is 30.3 Å². The van der Waals surface area contributed by atoms with Gasteiger partial charge in [0.25, 0.3) is 0 Å². The first-order valence-electron chi connectivity index (χ1n) is 6.81. The highest BCUT2D eigenvalue weighted by Crippen LogP contribution is 2.48. The first-order valence-corrected chi connectivity index (χ1v) is 6.81. The Bertz CT molecular complexity index is 727. The van der Waals surface area contributed by atoms with Crippen LogP contribution in [0.25, 0.3) is 0 Å². The molecular formula is C16H16O6. The summed E-state index contributed by atoms with van der Waals surface area (Å²) in [5.74, 6) is -1.04. The Hall–Kier alpha value is -2.60. The van der Waals surface area contributed by atoms with Crippen molar-refractivity contribution < 1.29 is 30.3 Å². The van der Waals surface area contributed by atoms with Gasteiger partial charge in [0.05, 0.1) is 0 Å². The summed E-state index contributed by atoms with van der Waals surface area (Å²) in [7, 11) is 0. The van der Waals surface area contributed by atoms with Crippen LogP contribution in [0.3, 0.4) is 0 Å². The molecule has 6 nitrogen and oxygen atoms in total. The van der Waals surface area contributed by atoms with E-state index in [9.17, 15) is 25.5 Å². The molecule has 0 spiro atoms. The number of aromatic hydroxyl groups is 4. The van der Waals surface area contributed by atoms with Crippen molar-refractivity contribution >= 4 is 0 Å². The minimum Gasteiger partial charge on any atom is -0.508 e. The Morgan fingerprint density at radius 2 is 1.64 bits per heavy atom. The molecule has 2 aromatic rings. The molecule has 0 fully saturated rings. The maximum Gasteiger partial charge on any atom is 0.157 e. The van der Waals surface area contributed by atoms with Gasteiger partial charge in [-0.3, -0.25) is 0 Å². The molecule has 2 aromatic carbocycles. The number of benzene rings is 2. The number of aliphatic hydroxyl groups is 1. The number of phenolic OH excluding ortho intramolecular Hbond substituents is 4. The predicted octanol–water partition coefficient (Wildman–Crippen LogP) is 2.11. The van der Waals surface area contributed by atoms with E-state index < -0.39 is 18.1 Å². The van der Waals surface area contributed by atoms with E-state index in [1.54, 1.807) is 6.92 Å². The van der Waals surface area contributed by atoms with Crippen molar-refractivity contribution in [1.29, 1.82) is 0 Å². The Morgan fingerprint density at radius 3 is 2.32 bits per heavy atom. The fourth-order valence-electron chi connectivity index (χ4n) is 2.78. The zero-order valence-corrected chi connectivity index (χ0v) is 11.8. The maximum absolute atomic E-state index is 10.4. The lowest BCUT2D eigenvalue weighted by Crippen LogP contribution is -2.33. The molecule has 116 valence electrons. The summed E-state index contributed by atoms with van der Waals surface area (Å²) in [5, 5.41) is 48.9. The summed E-state index contributed by atoms with van der Waals surface area (Å²) in [4.78, 5) is 0. The zero-order valence-electron chi connectivity index (χ0n) is 11.8. The average Bonchev–Trinajstić information content (AvgIpc) is 2.45. The van der Waals surface area contributed by atoms with Crippen LogP contribution in [0.5, 0.6) is 28.7 Å². The molecule has 1 aliphatic rings. The van der Waals surface area contributed by atoms with Gasteiger partial charge in [-0.05, 0) is 17.7 Å². The van der Waals surface area contributed by atoms with Gasteiger partial charge in [-0.1, -0.05) is 13.0 Å². The van der Waals surface area contributed by atoms with Crippen molar-refractivity contribution in [2.75, 3.05) is 0 Å². The van der Waals surface area contributed by atoms with Gasteiger partial charge in [-0.25, -0.2) is 0 Å². The molecule has 3 unspecified atom stereocenters. The van der Waals surface area contributed by atoms with Gasteiger partial charge in [0.1, 0.15) is 23.4 Å². The van der Waals surface area contributed by atoms with E-state index in [1.165, 1.54) is 30.3 Å². The molecule has 3 atom stereocenters. The highest BCUT2D eigenvalue weighted by molar-refractivity contribution is 5.53. The van der Waals surface area contributed by atoms with E-state index in [4.69, 9.17) is 4.74 Å². The normalized spacial score (nSPS) is 23.6. The number of fused-ring (bicyclic) bond motifs is 1. The van der Waals surface area contributed by atoms with E-state index in [2.05, 4.69) is 0 Å². The summed E-state index contributed by atoms with van der Waals surface area (Å²) >= 11 is 0. The number of hydrogen-bond donors (Lipinski definition) is 5. The summed E-state index contributed by atoms with van der Waals surface area (Å²) in [6.07, 6.45) is -1.76. The lowest BCUT2D eigenvalue weighted by Gasteiger charge is -2.35. The van der Waals surface area contributed by atoms with Crippen LogP contribution in [0.4, 0.5) is 0 Å². The molecule has 6 heteroatoms. The van der Waals surface area contributed by atoms with Gasteiger partial charge in [0.2, 0.25) is 0 Å². The van der Waals surface area contributed by atoms with E-state index in [0.29, 0.717) is 11.1 Å². The van der Waals surface area contributed by atoms with E-state index >= 15 is 0 Å². The van der Waals surface area contributed by atoms with E-state index in [1.807, 2.05) is 0 Å². The Labute approximate surface area is 126 Å². The molecule has 1 aliphatic heterocycles. The third-order valence-corrected chi connectivity index (χ3v) is 3.96. The smallest absolute Gasteiger partial charge is 0.157 e. The van der Waals surface area contributed by atoms with Crippen molar-refractivity contribution in [2.45, 2.75) is 25.0 Å². The van der Waals surface area contributed by atoms with Crippen molar-refractivity contribution in [2.24, 2.45) is 0 Å². The molecule has 0 aromatic heterocycles. The van der Waals surface area contributed by atoms with Crippen LogP contribution in [0.15, 0.2) is 30.3 Å². The van der Waals surface area contributed by atoms with Crippen LogP contribution >= 0.6 is 0 Å². The van der Waals surface area contributed by atoms with Crippen molar-refractivity contribution in [3.63, 3.8) is 0 Å². The van der Waals surface area contributed by atoms with Gasteiger partial charge >= 0.3 is 0 Å². The van der Waals surface area contributed by atoms with Gasteiger partial charge in [0.15, 0.2) is 17.6 Å². The fraction of sp³-hybridized carbons (Fsp3) is 0.250. The minimum atomic E-state index is -0.966. The van der Waals surface area contributed by atoms with Crippen LogP contribution in [0.1, 0.15) is 30.1 Å². The minimum absolute atomic E-state index is 0.145. The largest absolute Gasteiger partial charge is 0.508 e. The lowest BCUT2D eigenvalue weighted by molar-refractivity contribution is 0.00264. The van der Waals surface area contributed by atoms with Crippen LogP contribution in [0.2, 0.25) is 0 Å². The van der Waals surface area contributed by atoms with Crippen LogP contribution in [-0.2, 0) is 0 Å². The second-order valence-electron chi connectivity index (χ2n) is 5.44. The second kappa shape index (κ2) is 4.99. The van der Waals surface area contributed by atoms with Crippen molar-refractivity contribution in [3.8, 4) is 28.7 Å². The first kappa shape index (κ1) is 14.3. The van der Waals surface area contributed by atoms with E-state index in [0.717, 1.165) is 0 Å². The van der Waals surface area contributed by atoms with Crippen LogP contribution in [-0.4, -0.2) is 31.6 Å². The molecule has 3 rings (SSSR count). The monoisotopic (exact) mass is 304 g/mol. The Kier molecular flexibility index (Phi) is 3.26.